The van der Waals surface area contributed by atoms with E-state index in [1.54, 1.807) is 29.2 Å². The van der Waals surface area contributed by atoms with Crippen molar-refractivity contribution in [2.24, 2.45) is 0 Å². The first-order valence-corrected chi connectivity index (χ1v) is 11.6. The van der Waals surface area contributed by atoms with Crippen molar-refractivity contribution >= 4 is 29.1 Å². The highest BCUT2D eigenvalue weighted by molar-refractivity contribution is 6.30. The van der Waals surface area contributed by atoms with Crippen molar-refractivity contribution in [3.63, 3.8) is 0 Å². The zero-order valence-corrected chi connectivity index (χ0v) is 19.8. The molecule has 0 N–H and O–H groups in total. The zero-order chi connectivity index (χ0) is 24.1. The molecule has 5 nitrogen and oxygen atoms in total. The maximum Gasteiger partial charge on any atom is 0.255 e. The topological polar surface area (TPSA) is 45.7 Å². The molecule has 2 aromatic carbocycles. The van der Waals surface area contributed by atoms with Crippen molar-refractivity contribution in [1.82, 2.24) is 14.8 Å². The summed E-state index contributed by atoms with van der Waals surface area (Å²) in [5.41, 5.74) is 1.24. The molecule has 0 spiro atoms. The van der Waals surface area contributed by atoms with Crippen molar-refractivity contribution in [3.8, 4) is 0 Å². The van der Waals surface area contributed by atoms with Crippen molar-refractivity contribution < 1.29 is 18.3 Å². The Balaban J connectivity index is 1.41. The van der Waals surface area contributed by atoms with Gasteiger partial charge in [-0.2, -0.15) is 0 Å². The van der Waals surface area contributed by atoms with E-state index in [1.165, 1.54) is 24.4 Å². The number of pyridine rings is 1. The number of rotatable bonds is 7. The van der Waals surface area contributed by atoms with E-state index in [-0.39, 0.29) is 18.1 Å². The highest BCUT2D eigenvalue weighted by atomic mass is 35.5. The summed E-state index contributed by atoms with van der Waals surface area (Å²) in [4.78, 5) is 20.6. The third-order valence-electron chi connectivity index (χ3n) is 5.79. The number of nitrogens with zero attached hydrogens (tertiary/aromatic N) is 3. The fourth-order valence-corrected chi connectivity index (χ4v) is 4.08. The molecule has 0 aliphatic carbocycles. The number of benzene rings is 2. The van der Waals surface area contributed by atoms with E-state index in [1.807, 2.05) is 12.1 Å². The predicted molar refractivity (Wildman–Crippen MR) is 127 cm³/mol. The second-order valence-electron chi connectivity index (χ2n) is 8.01. The lowest BCUT2D eigenvalue weighted by Crippen LogP contribution is -2.49. The number of carbonyl (C=O) groups excluding carboxylic acids is 1. The minimum atomic E-state index is -0.640. The molecule has 1 atom stereocenters. The molecular weight excluding hydrogens is 483 g/mol. The van der Waals surface area contributed by atoms with Gasteiger partial charge in [0.15, 0.2) is 0 Å². The summed E-state index contributed by atoms with van der Waals surface area (Å²) in [6, 6.07) is 14.2. The van der Waals surface area contributed by atoms with Gasteiger partial charge in [-0.25, -0.2) is 13.8 Å². The first kappa shape index (κ1) is 24.5. The van der Waals surface area contributed by atoms with Gasteiger partial charge in [-0.1, -0.05) is 41.4 Å². The fraction of sp³-hybridized carbons (Fsp3) is 0.280. The smallest absolute Gasteiger partial charge is 0.255 e. The predicted octanol–water partition coefficient (Wildman–Crippen LogP) is 5.38. The van der Waals surface area contributed by atoms with Gasteiger partial charge in [-0.15, -0.1) is 0 Å². The molecule has 1 aliphatic rings. The summed E-state index contributed by atoms with van der Waals surface area (Å²) in [6.07, 6.45) is 1.04. The summed E-state index contributed by atoms with van der Waals surface area (Å²) < 4.78 is 34.2. The van der Waals surface area contributed by atoms with E-state index in [4.69, 9.17) is 27.9 Å². The standard InChI is InChI=1S/C25H23Cl2F2N3O2/c26-19-7-4-17(5-8-19)23(34-16-20-21(28)2-1-3-22(20)29)15-31-10-12-32(13-11-31)25(33)18-6-9-24(27)30-14-18/h1-9,14,23H,10-13,15-16H2. The number of halogens is 4. The molecule has 0 bridgehead atoms. The van der Waals surface area contributed by atoms with Crippen LogP contribution in [-0.2, 0) is 11.3 Å². The molecule has 1 unspecified atom stereocenters. The number of amides is 1. The van der Waals surface area contributed by atoms with Gasteiger partial charge in [0.2, 0.25) is 0 Å². The van der Waals surface area contributed by atoms with E-state index in [0.29, 0.717) is 48.5 Å². The quantitative estimate of drug-likeness (QED) is 0.404. The molecule has 0 saturated carbocycles. The van der Waals surface area contributed by atoms with E-state index < -0.39 is 17.7 Å². The van der Waals surface area contributed by atoms with E-state index in [2.05, 4.69) is 9.88 Å². The highest BCUT2D eigenvalue weighted by Gasteiger charge is 2.25. The lowest BCUT2D eigenvalue weighted by molar-refractivity contribution is 0.00144. The minimum Gasteiger partial charge on any atom is -0.367 e. The molecule has 9 heteroatoms. The molecule has 178 valence electrons. The Morgan fingerprint density at radius 2 is 1.65 bits per heavy atom. The van der Waals surface area contributed by atoms with Crippen LogP contribution in [0.2, 0.25) is 10.2 Å². The number of piperazine rings is 1. The SMILES string of the molecule is O=C(c1ccc(Cl)nc1)N1CCN(CC(OCc2c(F)cccc2F)c2ccc(Cl)cc2)CC1. The van der Waals surface area contributed by atoms with Gasteiger partial charge in [0.05, 0.1) is 18.3 Å². The normalized spacial score (nSPS) is 15.4. The Bertz CT molecular complexity index is 1100. The molecule has 1 saturated heterocycles. The number of aromatic nitrogens is 1. The average molecular weight is 506 g/mol. The second-order valence-corrected chi connectivity index (χ2v) is 8.84. The van der Waals surface area contributed by atoms with Gasteiger partial charge in [0.25, 0.3) is 5.91 Å². The van der Waals surface area contributed by atoms with Gasteiger partial charge < -0.3 is 9.64 Å². The van der Waals surface area contributed by atoms with Crippen LogP contribution < -0.4 is 0 Å². The molecule has 1 aromatic heterocycles. The van der Waals surface area contributed by atoms with Gasteiger partial charge in [-0.05, 0) is 42.0 Å². The van der Waals surface area contributed by atoms with Crippen LogP contribution in [0.5, 0.6) is 0 Å². The molecule has 4 rings (SSSR count). The van der Waals surface area contributed by atoms with Crippen LogP contribution in [0.25, 0.3) is 0 Å². The molecule has 3 aromatic rings. The summed E-state index contributed by atoms with van der Waals surface area (Å²) in [6.45, 7) is 2.64. The fourth-order valence-electron chi connectivity index (χ4n) is 3.84. The van der Waals surface area contributed by atoms with Crippen LogP contribution in [0, 0.1) is 11.6 Å². The average Bonchev–Trinajstić information content (AvgIpc) is 2.84. The Morgan fingerprint density at radius 1 is 0.971 bits per heavy atom. The van der Waals surface area contributed by atoms with E-state index in [0.717, 1.165) is 5.56 Å². The molecule has 1 fully saturated rings. The molecule has 0 radical (unpaired) electrons. The van der Waals surface area contributed by atoms with Crippen LogP contribution in [0.4, 0.5) is 8.78 Å². The van der Waals surface area contributed by atoms with Gasteiger partial charge in [0.1, 0.15) is 16.8 Å². The summed E-state index contributed by atoms with van der Waals surface area (Å²) in [7, 11) is 0. The van der Waals surface area contributed by atoms with Crippen LogP contribution in [0.3, 0.4) is 0 Å². The monoisotopic (exact) mass is 505 g/mol. The van der Waals surface area contributed by atoms with Crippen LogP contribution in [0.15, 0.2) is 60.8 Å². The van der Waals surface area contributed by atoms with Crippen molar-refractivity contribution in [2.45, 2.75) is 12.7 Å². The maximum atomic E-state index is 14.1. The second kappa shape index (κ2) is 11.2. The molecule has 34 heavy (non-hydrogen) atoms. The number of hydrogen-bond donors (Lipinski definition) is 0. The number of carbonyl (C=O) groups is 1. The molecule has 1 aliphatic heterocycles. The van der Waals surface area contributed by atoms with Crippen LogP contribution in [-0.4, -0.2) is 53.4 Å². The molecular formula is C25H23Cl2F2N3O2. The first-order chi connectivity index (χ1) is 16.4. The van der Waals surface area contributed by atoms with Crippen LogP contribution >= 0.6 is 23.2 Å². The van der Waals surface area contributed by atoms with Crippen molar-refractivity contribution in [3.05, 3.63) is 99.3 Å². The lowest BCUT2D eigenvalue weighted by atomic mass is 10.1. The Morgan fingerprint density at radius 3 is 2.26 bits per heavy atom. The third-order valence-corrected chi connectivity index (χ3v) is 6.27. The van der Waals surface area contributed by atoms with E-state index >= 15 is 0 Å². The summed E-state index contributed by atoms with van der Waals surface area (Å²) in [5, 5.41) is 0.927. The van der Waals surface area contributed by atoms with Crippen LogP contribution in [0.1, 0.15) is 27.6 Å². The first-order valence-electron chi connectivity index (χ1n) is 10.8. The van der Waals surface area contributed by atoms with Gasteiger partial charge >= 0.3 is 0 Å². The zero-order valence-electron chi connectivity index (χ0n) is 18.3. The summed E-state index contributed by atoms with van der Waals surface area (Å²) in [5.74, 6) is -1.37. The number of hydrogen-bond acceptors (Lipinski definition) is 4. The van der Waals surface area contributed by atoms with E-state index in [9.17, 15) is 13.6 Å². The Hall–Kier alpha value is -2.58. The largest absolute Gasteiger partial charge is 0.367 e. The minimum absolute atomic E-state index is 0.0932. The highest BCUT2D eigenvalue weighted by Crippen LogP contribution is 2.25. The Labute approximate surface area is 206 Å². The lowest BCUT2D eigenvalue weighted by Gasteiger charge is -2.36. The van der Waals surface area contributed by atoms with Crippen molar-refractivity contribution in [1.29, 1.82) is 0 Å². The molecule has 1 amide bonds. The number of ether oxygens (including phenoxy) is 1. The van der Waals surface area contributed by atoms with Gasteiger partial charge in [0, 0.05) is 49.5 Å². The van der Waals surface area contributed by atoms with Gasteiger partial charge in [-0.3, -0.25) is 9.69 Å². The third kappa shape index (κ3) is 6.10. The van der Waals surface area contributed by atoms with Crippen molar-refractivity contribution in [2.75, 3.05) is 32.7 Å². The Kier molecular flexibility index (Phi) is 8.11. The molecule has 2 heterocycles. The summed E-state index contributed by atoms with van der Waals surface area (Å²) >= 11 is 11.8. The maximum absolute atomic E-state index is 14.1.